The minimum atomic E-state index is -1.90. The van der Waals surface area contributed by atoms with Crippen molar-refractivity contribution in [3.8, 4) is 0 Å². The summed E-state index contributed by atoms with van der Waals surface area (Å²) in [6.07, 6.45) is 5.33. The molecule has 0 aliphatic carbocycles. The minimum absolute atomic E-state index is 0.0238. The number of nitrogens with zero attached hydrogens (tertiary/aromatic N) is 3. The van der Waals surface area contributed by atoms with Crippen molar-refractivity contribution in [1.82, 2.24) is 4.90 Å². The second-order valence-electron chi connectivity index (χ2n) is 11.3. The summed E-state index contributed by atoms with van der Waals surface area (Å²) < 4.78 is 0. The number of carbonyl (C=O) groups excluding carboxylic acids is 3. The van der Waals surface area contributed by atoms with Crippen molar-refractivity contribution in [2.75, 3.05) is 23.0 Å². The normalized spacial score (nSPS) is 22.5. The number of hydrogen-bond donors (Lipinski definition) is 2. The molecule has 3 aliphatic heterocycles. The van der Waals surface area contributed by atoms with Gasteiger partial charge >= 0.3 is 0 Å². The number of aliphatic hydroxyl groups excluding tert-OH is 1. The van der Waals surface area contributed by atoms with E-state index in [0.717, 1.165) is 17.5 Å². The molecule has 3 aromatic rings. The van der Waals surface area contributed by atoms with Gasteiger partial charge in [-0.25, -0.2) is 0 Å². The molecule has 1 saturated heterocycles. The standard InChI is InChI=1S/C34H35N3O5/c1-23(9-7-14-32(40)36-21-25-11-6-5-10-24(25)19-28(36)22-38)34(42)29-20-27(35-18-8-15-31(35)39)16-17-30(29)37(33(34)41)26-12-3-2-4-13-26/h2-7,9-13,16-17,20,23,28,38,42H,8,14-15,18-19,21-22H2,1H3/b9-7+/t23-,28+,34+/m1/s1. The Balaban J connectivity index is 1.27. The van der Waals surface area contributed by atoms with Crippen LogP contribution in [0.1, 0.15) is 42.9 Å². The minimum Gasteiger partial charge on any atom is -0.394 e. The molecule has 3 heterocycles. The molecule has 1 fully saturated rings. The zero-order valence-electron chi connectivity index (χ0n) is 23.6. The Morgan fingerprint density at radius 2 is 1.76 bits per heavy atom. The van der Waals surface area contributed by atoms with E-state index in [2.05, 4.69) is 0 Å². The predicted molar refractivity (Wildman–Crippen MR) is 160 cm³/mol. The van der Waals surface area contributed by atoms with E-state index in [9.17, 15) is 24.6 Å². The molecule has 8 heteroatoms. The molecule has 2 N–H and O–H groups in total. The van der Waals surface area contributed by atoms with Gasteiger partial charge in [-0.15, -0.1) is 0 Å². The van der Waals surface area contributed by atoms with Gasteiger partial charge in [-0.05, 0) is 54.3 Å². The zero-order chi connectivity index (χ0) is 29.4. The van der Waals surface area contributed by atoms with Crippen LogP contribution < -0.4 is 9.80 Å². The molecular weight excluding hydrogens is 530 g/mol. The predicted octanol–water partition coefficient (Wildman–Crippen LogP) is 4.21. The smallest absolute Gasteiger partial charge is 0.268 e. The molecule has 3 aliphatic rings. The largest absolute Gasteiger partial charge is 0.394 e. The molecule has 0 radical (unpaired) electrons. The number of fused-ring (bicyclic) bond motifs is 2. The molecule has 6 rings (SSSR count). The number of anilines is 3. The highest BCUT2D eigenvalue weighted by Crippen LogP contribution is 2.49. The van der Waals surface area contributed by atoms with Crippen LogP contribution in [0, 0.1) is 5.92 Å². The third-order valence-corrected chi connectivity index (χ3v) is 8.82. The first-order chi connectivity index (χ1) is 20.3. The van der Waals surface area contributed by atoms with Crippen LogP contribution in [-0.4, -0.2) is 52.0 Å². The van der Waals surface area contributed by atoms with E-state index in [1.165, 1.54) is 4.90 Å². The third-order valence-electron chi connectivity index (χ3n) is 8.82. The van der Waals surface area contributed by atoms with Crippen molar-refractivity contribution in [3.05, 3.63) is 102 Å². The first-order valence-electron chi connectivity index (χ1n) is 14.5. The Bertz CT molecular complexity index is 1550. The van der Waals surface area contributed by atoms with Crippen LogP contribution in [0.3, 0.4) is 0 Å². The van der Waals surface area contributed by atoms with E-state index in [-0.39, 0.29) is 30.9 Å². The fraction of sp³-hybridized carbons (Fsp3) is 0.324. The molecule has 0 unspecified atom stereocenters. The van der Waals surface area contributed by atoms with Crippen molar-refractivity contribution in [3.63, 3.8) is 0 Å². The summed E-state index contributed by atoms with van der Waals surface area (Å²) in [6.45, 7) is 2.67. The van der Waals surface area contributed by atoms with Crippen LogP contribution in [0.5, 0.6) is 0 Å². The van der Waals surface area contributed by atoms with Crippen molar-refractivity contribution >= 4 is 34.8 Å². The fourth-order valence-corrected chi connectivity index (χ4v) is 6.45. The van der Waals surface area contributed by atoms with Crippen LogP contribution >= 0.6 is 0 Å². The van der Waals surface area contributed by atoms with Crippen LogP contribution in [0.2, 0.25) is 0 Å². The van der Waals surface area contributed by atoms with Gasteiger partial charge in [-0.2, -0.15) is 0 Å². The summed E-state index contributed by atoms with van der Waals surface area (Å²) in [4.78, 5) is 44.7. The highest BCUT2D eigenvalue weighted by Gasteiger charge is 2.53. The number of benzene rings is 3. The van der Waals surface area contributed by atoms with Gasteiger partial charge in [0.05, 0.1) is 18.3 Å². The second-order valence-corrected chi connectivity index (χ2v) is 11.3. The topological polar surface area (TPSA) is 101 Å². The number of amides is 3. The van der Waals surface area contributed by atoms with E-state index in [1.807, 2.05) is 60.7 Å². The molecule has 3 atom stereocenters. The Morgan fingerprint density at radius 3 is 2.48 bits per heavy atom. The lowest BCUT2D eigenvalue weighted by molar-refractivity contribution is -0.138. The van der Waals surface area contributed by atoms with Crippen LogP contribution in [0.25, 0.3) is 0 Å². The summed E-state index contributed by atoms with van der Waals surface area (Å²) >= 11 is 0. The maximum atomic E-state index is 14.0. The second kappa shape index (κ2) is 11.2. The summed E-state index contributed by atoms with van der Waals surface area (Å²) in [6, 6.07) is 22.2. The van der Waals surface area contributed by atoms with Gasteiger partial charge in [0.1, 0.15) is 0 Å². The molecular formula is C34H35N3O5. The molecule has 0 aromatic heterocycles. The van der Waals surface area contributed by atoms with Gasteiger partial charge in [0, 0.05) is 48.8 Å². The number of aliphatic hydroxyl groups is 2. The number of rotatable bonds is 7. The van der Waals surface area contributed by atoms with Crippen LogP contribution in [0.4, 0.5) is 17.1 Å². The van der Waals surface area contributed by atoms with Gasteiger partial charge in [0.15, 0.2) is 5.60 Å². The average Bonchev–Trinajstić information content (AvgIpc) is 3.54. The molecule has 8 nitrogen and oxygen atoms in total. The molecule has 0 saturated carbocycles. The lowest BCUT2D eigenvalue weighted by atomic mass is 9.82. The van der Waals surface area contributed by atoms with Crippen molar-refractivity contribution < 1.29 is 24.6 Å². The highest BCUT2D eigenvalue weighted by molar-refractivity contribution is 6.12. The fourth-order valence-electron chi connectivity index (χ4n) is 6.45. The van der Waals surface area contributed by atoms with E-state index < -0.39 is 17.4 Å². The monoisotopic (exact) mass is 565 g/mol. The van der Waals surface area contributed by atoms with Crippen molar-refractivity contribution in [1.29, 1.82) is 0 Å². The summed E-state index contributed by atoms with van der Waals surface area (Å²) in [7, 11) is 0. The maximum Gasteiger partial charge on any atom is 0.268 e. The van der Waals surface area contributed by atoms with Crippen molar-refractivity contribution in [2.24, 2.45) is 5.92 Å². The van der Waals surface area contributed by atoms with Gasteiger partial charge in [-0.3, -0.25) is 19.3 Å². The quantitative estimate of drug-likeness (QED) is 0.418. The summed E-state index contributed by atoms with van der Waals surface area (Å²) in [5, 5.41) is 22.1. The Morgan fingerprint density at radius 1 is 1.02 bits per heavy atom. The van der Waals surface area contributed by atoms with E-state index in [0.29, 0.717) is 48.6 Å². The SMILES string of the molecule is C[C@H](/C=C/CC(=O)N1Cc2ccccc2C[C@H]1CO)[C@@]1(O)C(=O)N(c2ccccc2)c2ccc(N3CCCC3=O)cc21. The number of hydrogen-bond acceptors (Lipinski definition) is 5. The molecule has 42 heavy (non-hydrogen) atoms. The Labute approximate surface area is 245 Å². The van der Waals surface area contributed by atoms with E-state index in [4.69, 9.17) is 0 Å². The average molecular weight is 566 g/mol. The Kier molecular flexibility index (Phi) is 7.43. The molecule has 216 valence electrons. The first-order valence-corrected chi connectivity index (χ1v) is 14.5. The summed E-state index contributed by atoms with van der Waals surface area (Å²) in [5.41, 5.74) is 2.61. The maximum absolute atomic E-state index is 14.0. The Hall–Kier alpha value is -4.27. The summed E-state index contributed by atoms with van der Waals surface area (Å²) in [5.74, 6) is -1.26. The molecule has 0 spiro atoms. The van der Waals surface area contributed by atoms with Gasteiger partial charge < -0.3 is 20.0 Å². The lowest BCUT2D eigenvalue weighted by Gasteiger charge is -2.36. The number of para-hydroxylation sites is 1. The lowest BCUT2D eigenvalue weighted by Crippen LogP contribution is -2.46. The van der Waals surface area contributed by atoms with Gasteiger partial charge in [0.2, 0.25) is 11.8 Å². The zero-order valence-corrected chi connectivity index (χ0v) is 23.6. The van der Waals surface area contributed by atoms with Crippen LogP contribution in [-0.2, 0) is 33.0 Å². The molecule has 3 amide bonds. The molecule has 3 aromatic carbocycles. The highest BCUT2D eigenvalue weighted by atomic mass is 16.3. The number of carbonyl (C=O) groups is 3. The van der Waals surface area contributed by atoms with E-state index in [1.54, 1.807) is 41.0 Å². The van der Waals surface area contributed by atoms with Gasteiger partial charge in [-0.1, -0.05) is 61.5 Å². The third kappa shape index (κ3) is 4.70. The van der Waals surface area contributed by atoms with Crippen molar-refractivity contribution in [2.45, 2.75) is 50.8 Å². The first kappa shape index (κ1) is 27.9. The molecule has 0 bridgehead atoms. The van der Waals surface area contributed by atoms with Crippen LogP contribution in [0.15, 0.2) is 84.9 Å². The van der Waals surface area contributed by atoms with Gasteiger partial charge in [0.25, 0.3) is 5.91 Å². The van der Waals surface area contributed by atoms with E-state index >= 15 is 0 Å².